The lowest BCUT2D eigenvalue weighted by Gasteiger charge is -2.28. The molecule has 2 saturated carbocycles. The van der Waals surface area contributed by atoms with Crippen LogP contribution >= 0.6 is 0 Å². The summed E-state index contributed by atoms with van der Waals surface area (Å²) < 4.78 is 5.81. The Morgan fingerprint density at radius 3 is 2.42 bits per heavy atom. The molecule has 1 atom stereocenters. The van der Waals surface area contributed by atoms with E-state index in [1.54, 1.807) is 0 Å². The van der Waals surface area contributed by atoms with Crippen molar-refractivity contribution in [1.29, 1.82) is 0 Å². The van der Waals surface area contributed by atoms with Crippen LogP contribution in [0.15, 0.2) is 0 Å². The zero-order valence-electron chi connectivity index (χ0n) is 12.4. The zero-order valence-corrected chi connectivity index (χ0v) is 12.4. The third kappa shape index (κ3) is 4.44. The van der Waals surface area contributed by atoms with Gasteiger partial charge in [0.1, 0.15) is 0 Å². The van der Waals surface area contributed by atoms with E-state index in [0.29, 0.717) is 6.10 Å². The Balaban J connectivity index is 1.30. The zero-order chi connectivity index (χ0) is 13.1. The van der Waals surface area contributed by atoms with E-state index in [4.69, 9.17) is 4.74 Å². The molecule has 0 bridgehead atoms. The summed E-state index contributed by atoms with van der Waals surface area (Å²) in [6, 6.07) is 0.847. The first-order valence-corrected chi connectivity index (χ1v) is 8.36. The van der Waals surface area contributed by atoms with E-state index in [1.165, 1.54) is 44.9 Å². The normalized spacial score (nSPS) is 28.3. The van der Waals surface area contributed by atoms with E-state index >= 15 is 0 Å². The van der Waals surface area contributed by atoms with E-state index < -0.39 is 0 Å². The standard InChI is InChI=1S/C16H30N2O/c1-18(12-15-4-2-3-11-19-15)10-9-17-16(13-5-6-13)14-7-8-14/h13-17H,2-12H2,1H3. The number of likely N-dealkylation sites (N-methyl/N-ethyl adjacent to an activating group) is 1. The number of nitrogens with zero attached hydrogens (tertiary/aromatic N) is 1. The fraction of sp³-hybridized carbons (Fsp3) is 1.00. The van der Waals surface area contributed by atoms with Crippen molar-refractivity contribution < 1.29 is 4.74 Å². The van der Waals surface area contributed by atoms with Gasteiger partial charge in [-0.05, 0) is 63.8 Å². The summed E-state index contributed by atoms with van der Waals surface area (Å²) in [6.45, 7) is 4.40. The maximum absolute atomic E-state index is 5.81. The molecule has 110 valence electrons. The van der Waals surface area contributed by atoms with Gasteiger partial charge >= 0.3 is 0 Å². The second-order valence-corrected chi connectivity index (χ2v) is 6.91. The molecule has 19 heavy (non-hydrogen) atoms. The second-order valence-electron chi connectivity index (χ2n) is 6.91. The van der Waals surface area contributed by atoms with E-state index in [2.05, 4.69) is 17.3 Å². The van der Waals surface area contributed by atoms with Crippen molar-refractivity contribution in [1.82, 2.24) is 10.2 Å². The average Bonchev–Trinajstić information content (AvgIpc) is 3.29. The minimum absolute atomic E-state index is 0.487. The van der Waals surface area contributed by atoms with Crippen LogP contribution in [0.5, 0.6) is 0 Å². The van der Waals surface area contributed by atoms with Crippen LogP contribution in [0.3, 0.4) is 0 Å². The van der Waals surface area contributed by atoms with Gasteiger partial charge < -0.3 is 15.0 Å². The Bertz CT molecular complexity index is 258. The van der Waals surface area contributed by atoms with Crippen LogP contribution in [-0.2, 0) is 4.74 Å². The second kappa shape index (κ2) is 6.55. The Kier molecular flexibility index (Phi) is 4.78. The van der Waals surface area contributed by atoms with Gasteiger partial charge in [0.25, 0.3) is 0 Å². The van der Waals surface area contributed by atoms with Gasteiger partial charge in [0, 0.05) is 32.3 Å². The molecule has 1 aliphatic heterocycles. The van der Waals surface area contributed by atoms with Crippen molar-refractivity contribution in [3.63, 3.8) is 0 Å². The lowest BCUT2D eigenvalue weighted by Crippen LogP contribution is -2.41. The molecule has 3 rings (SSSR count). The van der Waals surface area contributed by atoms with Crippen molar-refractivity contribution in [3.05, 3.63) is 0 Å². The maximum Gasteiger partial charge on any atom is 0.0701 e. The molecule has 0 radical (unpaired) electrons. The predicted octanol–water partition coefficient (Wildman–Crippen LogP) is 2.27. The van der Waals surface area contributed by atoms with Crippen LogP contribution in [0.4, 0.5) is 0 Å². The Morgan fingerprint density at radius 1 is 1.11 bits per heavy atom. The molecule has 0 aromatic rings. The molecule has 1 unspecified atom stereocenters. The van der Waals surface area contributed by atoms with Crippen LogP contribution in [0, 0.1) is 11.8 Å². The first-order valence-electron chi connectivity index (χ1n) is 8.36. The highest BCUT2D eigenvalue weighted by Crippen LogP contribution is 2.44. The summed E-state index contributed by atoms with van der Waals surface area (Å²) in [4.78, 5) is 2.44. The molecule has 3 fully saturated rings. The number of hydrogen-bond donors (Lipinski definition) is 1. The largest absolute Gasteiger partial charge is 0.377 e. The van der Waals surface area contributed by atoms with Gasteiger partial charge in [-0.15, -0.1) is 0 Å². The van der Waals surface area contributed by atoms with Gasteiger partial charge in [0.15, 0.2) is 0 Å². The molecular weight excluding hydrogens is 236 g/mol. The lowest BCUT2D eigenvalue weighted by atomic mass is 10.1. The topological polar surface area (TPSA) is 24.5 Å². The molecule has 0 aromatic carbocycles. The van der Waals surface area contributed by atoms with Crippen LogP contribution < -0.4 is 5.32 Å². The van der Waals surface area contributed by atoms with E-state index in [9.17, 15) is 0 Å². The minimum atomic E-state index is 0.487. The van der Waals surface area contributed by atoms with Crippen LogP contribution in [0.1, 0.15) is 44.9 Å². The number of ether oxygens (including phenoxy) is 1. The summed E-state index contributed by atoms with van der Waals surface area (Å²) in [5, 5.41) is 3.83. The van der Waals surface area contributed by atoms with Gasteiger partial charge in [0.05, 0.1) is 6.10 Å². The van der Waals surface area contributed by atoms with Crippen molar-refractivity contribution in [2.24, 2.45) is 11.8 Å². The highest BCUT2D eigenvalue weighted by molar-refractivity contribution is 4.96. The van der Waals surface area contributed by atoms with Crippen molar-refractivity contribution >= 4 is 0 Å². The summed E-state index contributed by atoms with van der Waals surface area (Å²) in [5.74, 6) is 2.03. The van der Waals surface area contributed by atoms with Crippen molar-refractivity contribution in [2.75, 3.05) is 33.3 Å². The van der Waals surface area contributed by atoms with Gasteiger partial charge in [-0.1, -0.05) is 0 Å². The fourth-order valence-corrected chi connectivity index (χ4v) is 3.44. The summed E-state index contributed by atoms with van der Waals surface area (Å²) in [7, 11) is 2.24. The van der Waals surface area contributed by atoms with Crippen LogP contribution in [0.25, 0.3) is 0 Å². The first kappa shape index (κ1) is 13.8. The third-order valence-electron chi connectivity index (χ3n) is 4.92. The fourth-order valence-electron chi connectivity index (χ4n) is 3.44. The third-order valence-corrected chi connectivity index (χ3v) is 4.92. The van der Waals surface area contributed by atoms with Crippen molar-refractivity contribution in [2.45, 2.75) is 57.1 Å². The molecule has 1 heterocycles. The molecule has 0 amide bonds. The molecule has 3 heteroatoms. The molecule has 3 nitrogen and oxygen atoms in total. The van der Waals surface area contributed by atoms with Crippen LogP contribution in [-0.4, -0.2) is 50.3 Å². The molecule has 0 aromatic heterocycles. The first-order chi connectivity index (χ1) is 9.33. The molecule has 2 aliphatic carbocycles. The van der Waals surface area contributed by atoms with E-state index in [0.717, 1.165) is 44.1 Å². The maximum atomic E-state index is 5.81. The molecule has 3 aliphatic rings. The molecular formula is C16H30N2O. The average molecular weight is 266 g/mol. The summed E-state index contributed by atoms with van der Waals surface area (Å²) >= 11 is 0. The van der Waals surface area contributed by atoms with Gasteiger partial charge in [0.2, 0.25) is 0 Å². The quantitative estimate of drug-likeness (QED) is 0.729. The number of hydrogen-bond acceptors (Lipinski definition) is 3. The summed E-state index contributed by atoms with van der Waals surface area (Å²) in [6.07, 6.45) is 10.2. The smallest absolute Gasteiger partial charge is 0.0701 e. The SMILES string of the molecule is CN(CCNC(C1CC1)C1CC1)CC1CCCCO1. The minimum Gasteiger partial charge on any atom is -0.377 e. The highest BCUT2D eigenvalue weighted by Gasteiger charge is 2.40. The summed E-state index contributed by atoms with van der Waals surface area (Å²) in [5.41, 5.74) is 0. The van der Waals surface area contributed by atoms with E-state index in [1.807, 2.05) is 0 Å². The monoisotopic (exact) mass is 266 g/mol. The number of rotatable bonds is 8. The molecule has 0 spiro atoms. The lowest BCUT2D eigenvalue weighted by molar-refractivity contribution is -0.00134. The van der Waals surface area contributed by atoms with E-state index in [-0.39, 0.29) is 0 Å². The predicted molar refractivity (Wildman–Crippen MR) is 78.3 cm³/mol. The molecule has 1 saturated heterocycles. The Morgan fingerprint density at radius 2 is 1.84 bits per heavy atom. The van der Waals surface area contributed by atoms with Crippen LogP contribution in [0.2, 0.25) is 0 Å². The van der Waals surface area contributed by atoms with Gasteiger partial charge in [-0.25, -0.2) is 0 Å². The van der Waals surface area contributed by atoms with Gasteiger partial charge in [-0.2, -0.15) is 0 Å². The van der Waals surface area contributed by atoms with Crippen molar-refractivity contribution in [3.8, 4) is 0 Å². The Hall–Kier alpha value is -0.120. The highest BCUT2D eigenvalue weighted by atomic mass is 16.5. The molecule has 1 N–H and O–H groups in total. The van der Waals surface area contributed by atoms with Gasteiger partial charge in [-0.3, -0.25) is 0 Å². The Labute approximate surface area is 118 Å². The number of nitrogens with one attached hydrogen (secondary N) is 1.